The number of piperidine rings is 1. The van der Waals surface area contributed by atoms with E-state index in [4.69, 9.17) is 0 Å². The van der Waals surface area contributed by atoms with Crippen LogP contribution in [0.2, 0.25) is 0 Å². The zero-order valence-electron chi connectivity index (χ0n) is 9.59. The Balaban J connectivity index is 0.000000561. The maximum absolute atomic E-state index is 2.44. The second-order valence-electron chi connectivity index (χ2n) is 4.03. The first kappa shape index (κ1) is 12.0. The molecule has 0 aromatic rings. The van der Waals surface area contributed by atoms with E-state index in [0.717, 1.165) is 17.8 Å². The molecule has 12 heavy (non-hydrogen) atoms. The van der Waals surface area contributed by atoms with Crippen LogP contribution < -0.4 is 0 Å². The average molecular weight is 171 g/mol. The highest BCUT2D eigenvalue weighted by atomic mass is 15.1. The zero-order chi connectivity index (χ0) is 9.72. The summed E-state index contributed by atoms with van der Waals surface area (Å²) in [7, 11) is 2.22. The van der Waals surface area contributed by atoms with Gasteiger partial charge in [0.15, 0.2) is 0 Å². The topological polar surface area (TPSA) is 3.24 Å². The molecule has 2 unspecified atom stereocenters. The largest absolute Gasteiger partial charge is 0.306 e. The highest BCUT2D eigenvalue weighted by Gasteiger charge is 2.26. The third kappa shape index (κ3) is 3.14. The van der Waals surface area contributed by atoms with Gasteiger partial charge in [0.05, 0.1) is 0 Å². The van der Waals surface area contributed by atoms with Crippen molar-refractivity contribution < 1.29 is 0 Å². The van der Waals surface area contributed by atoms with Crippen molar-refractivity contribution in [2.45, 2.75) is 34.6 Å². The standard InChI is InChI=1S/C9H19N.C2H6/c1-7-5-10(4)6-8(2)9(7)3;1-2/h7-9H,5-6H2,1-4H3;1-2H3. The van der Waals surface area contributed by atoms with E-state index in [0.29, 0.717) is 0 Å². The lowest BCUT2D eigenvalue weighted by molar-refractivity contribution is 0.110. The first-order valence-electron chi connectivity index (χ1n) is 5.29. The van der Waals surface area contributed by atoms with Crippen molar-refractivity contribution >= 4 is 0 Å². The predicted molar refractivity (Wildman–Crippen MR) is 56.3 cm³/mol. The molecule has 1 nitrogen and oxygen atoms in total. The first-order chi connectivity index (χ1) is 5.61. The molecule has 0 aromatic carbocycles. The van der Waals surface area contributed by atoms with Crippen molar-refractivity contribution in [3.05, 3.63) is 0 Å². The number of hydrogen-bond donors (Lipinski definition) is 0. The SMILES string of the molecule is CC.CC1CN(C)CC(C)C1C. The molecule has 0 N–H and O–H groups in total. The summed E-state index contributed by atoms with van der Waals surface area (Å²) in [4.78, 5) is 2.44. The van der Waals surface area contributed by atoms with Gasteiger partial charge in [-0.3, -0.25) is 0 Å². The van der Waals surface area contributed by atoms with Gasteiger partial charge in [0.1, 0.15) is 0 Å². The van der Waals surface area contributed by atoms with E-state index in [1.807, 2.05) is 13.8 Å². The predicted octanol–water partition coefficient (Wildman–Crippen LogP) is 2.87. The normalized spacial score (nSPS) is 37.0. The fraction of sp³-hybridized carbons (Fsp3) is 1.00. The van der Waals surface area contributed by atoms with E-state index in [2.05, 4.69) is 32.7 Å². The quantitative estimate of drug-likeness (QED) is 0.542. The van der Waals surface area contributed by atoms with Gasteiger partial charge in [-0.15, -0.1) is 0 Å². The van der Waals surface area contributed by atoms with Gasteiger partial charge in [-0.1, -0.05) is 34.6 Å². The molecule has 0 bridgehead atoms. The summed E-state index contributed by atoms with van der Waals surface area (Å²) in [5.74, 6) is 2.68. The van der Waals surface area contributed by atoms with Crippen LogP contribution in [0.1, 0.15) is 34.6 Å². The maximum atomic E-state index is 2.44. The van der Waals surface area contributed by atoms with Crippen LogP contribution in [0.4, 0.5) is 0 Å². The molecule has 0 amide bonds. The van der Waals surface area contributed by atoms with E-state index in [1.54, 1.807) is 0 Å². The molecule has 1 saturated heterocycles. The van der Waals surface area contributed by atoms with Gasteiger partial charge in [-0.25, -0.2) is 0 Å². The van der Waals surface area contributed by atoms with Crippen molar-refractivity contribution in [2.75, 3.05) is 20.1 Å². The Morgan fingerprint density at radius 2 is 1.25 bits per heavy atom. The summed E-state index contributed by atoms with van der Waals surface area (Å²) in [5.41, 5.74) is 0. The van der Waals surface area contributed by atoms with Gasteiger partial charge >= 0.3 is 0 Å². The Hall–Kier alpha value is -0.0400. The van der Waals surface area contributed by atoms with Crippen molar-refractivity contribution in [3.8, 4) is 0 Å². The third-order valence-corrected chi connectivity index (χ3v) is 2.99. The maximum Gasteiger partial charge on any atom is 0.000674 e. The highest BCUT2D eigenvalue weighted by Crippen LogP contribution is 2.26. The molecule has 1 heteroatoms. The van der Waals surface area contributed by atoms with E-state index in [-0.39, 0.29) is 0 Å². The second-order valence-corrected chi connectivity index (χ2v) is 4.03. The second kappa shape index (κ2) is 5.58. The lowest BCUT2D eigenvalue weighted by Gasteiger charge is -2.37. The fourth-order valence-electron chi connectivity index (χ4n) is 1.95. The number of rotatable bonds is 0. The summed E-state index contributed by atoms with van der Waals surface area (Å²) < 4.78 is 0. The molecule has 0 saturated carbocycles. The molecule has 2 atom stereocenters. The summed E-state index contributed by atoms with van der Waals surface area (Å²) in [6.45, 7) is 13.7. The molecular formula is C11H25N. The van der Waals surface area contributed by atoms with Crippen molar-refractivity contribution in [3.63, 3.8) is 0 Å². The Kier molecular flexibility index (Phi) is 5.56. The number of likely N-dealkylation sites (tertiary alicyclic amines) is 1. The van der Waals surface area contributed by atoms with Gasteiger partial charge in [0.2, 0.25) is 0 Å². The lowest BCUT2D eigenvalue weighted by Crippen LogP contribution is -2.41. The van der Waals surface area contributed by atoms with Crippen LogP contribution in [-0.4, -0.2) is 25.0 Å². The molecule has 0 spiro atoms. The summed E-state index contributed by atoms with van der Waals surface area (Å²) >= 11 is 0. The van der Waals surface area contributed by atoms with Crippen LogP contribution in [0.5, 0.6) is 0 Å². The average Bonchev–Trinajstić information content (AvgIpc) is 2.04. The van der Waals surface area contributed by atoms with Crippen LogP contribution in [0.25, 0.3) is 0 Å². The summed E-state index contributed by atoms with van der Waals surface area (Å²) in [6.07, 6.45) is 0. The Morgan fingerprint density at radius 1 is 0.917 bits per heavy atom. The lowest BCUT2D eigenvalue weighted by atomic mass is 9.81. The summed E-state index contributed by atoms with van der Waals surface area (Å²) in [6, 6.07) is 0. The molecule has 0 aliphatic carbocycles. The van der Waals surface area contributed by atoms with Crippen molar-refractivity contribution in [2.24, 2.45) is 17.8 Å². The van der Waals surface area contributed by atoms with Gasteiger partial charge in [-0.2, -0.15) is 0 Å². The van der Waals surface area contributed by atoms with Gasteiger partial charge < -0.3 is 4.90 Å². The monoisotopic (exact) mass is 171 g/mol. The van der Waals surface area contributed by atoms with Crippen molar-refractivity contribution in [1.82, 2.24) is 4.90 Å². The molecule has 1 heterocycles. The van der Waals surface area contributed by atoms with E-state index in [9.17, 15) is 0 Å². The molecule has 0 radical (unpaired) electrons. The van der Waals surface area contributed by atoms with Gasteiger partial charge in [-0.05, 0) is 24.8 Å². The Labute approximate surface area is 78.1 Å². The Bertz CT molecular complexity index is 99.6. The molecule has 1 aliphatic heterocycles. The Morgan fingerprint density at radius 3 is 1.58 bits per heavy atom. The minimum absolute atomic E-state index is 0.883. The third-order valence-electron chi connectivity index (χ3n) is 2.99. The van der Waals surface area contributed by atoms with Gasteiger partial charge in [0.25, 0.3) is 0 Å². The molecule has 1 fully saturated rings. The van der Waals surface area contributed by atoms with E-state index >= 15 is 0 Å². The zero-order valence-corrected chi connectivity index (χ0v) is 9.59. The fourth-order valence-corrected chi connectivity index (χ4v) is 1.95. The minimum atomic E-state index is 0.883. The van der Waals surface area contributed by atoms with E-state index in [1.165, 1.54) is 13.1 Å². The van der Waals surface area contributed by atoms with Crippen LogP contribution in [0.3, 0.4) is 0 Å². The number of hydrogen-bond acceptors (Lipinski definition) is 1. The minimum Gasteiger partial charge on any atom is -0.306 e. The first-order valence-corrected chi connectivity index (χ1v) is 5.29. The summed E-state index contributed by atoms with van der Waals surface area (Å²) in [5, 5.41) is 0. The van der Waals surface area contributed by atoms with Crippen molar-refractivity contribution in [1.29, 1.82) is 0 Å². The van der Waals surface area contributed by atoms with E-state index < -0.39 is 0 Å². The van der Waals surface area contributed by atoms with Crippen LogP contribution in [-0.2, 0) is 0 Å². The molecule has 1 rings (SSSR count). The van der Waals surface area contributed by atoms with Crippen LogP contribution in [0, 0.1) is 17.8 Å². The molecule has 0 aromatic heterocycles. The smallest absolute Gasteiger partial charge is 0.000674 e. The van der Waals surface area contributed by atoms with Gasteiger partial charge in [0, 0.05) is 13.1 Å². The molecular weight excluding hydrogens is 146 g/mol. The number of nitrogens with zero attached hydrogens (tertiary/aromatic N) is 1. The molecule has 1 aliphatic rings. The molecule has 74 valence electrons. The highest BCUT2D eigenvalue weighted by molar-refractivity contribution is 4.77. The van der Waals surface area contributed by atoms with Crippen LogP contribution >= 0.6 is 0 Å². The van der Waals surface area contributed by atoms with Crippen LogP contribution in [0.15, 0.2) is 0 Å².